The average molecular weight is 535 g/mol. The summed E-state index contributed by atoms with van der Waals surface area (Å²) in [5, 5.41) is 7.33. The first-order valence-electron chi connectivity index (χ1n) is 12.0. The zero-order valence-corrected chi connectivity index (χ0v) is 21.6. The van der Waals surface area contributed by atoms with Crippen LogP contribution in [0.2, 0.25) is 0 Å². The van der Waals surface area contributed by atoms with E-state index in [2.05, 4.69) is 36.3 Å². The Balaban J connectivity index is 0.00000256. The van der Waals surface area contributed by atoms with Crippen LogP contribution in [0.25, 0.3) is 0 Å². The molecule has 2 aliphatic carbocycles. The van der Waals surface area contributed by atoms with Crippen molar-refractivity contribution < 1.29 is 9.47 Å². The Morgan fingerprint density at radius 3 is 2.53 bits per heavy atom. The van der Waals surface area contributed by atoms with E-state index in [-0.39, 0.29) is 29.4 Å². The molecule has 0 aromatic carbocycles. The van der Waals surface area contributed by atoms with Crippen LogP contribution >= 0.6 is 24.0 Å². The van der Waals surface area contributed by atoms with Gasteiger partial charge in [-0.1, -0.05) is 33.1 Å². The van der Waals surface area contributed by atoms with E-state index in [0.29, 0.717) is 23.5 Å². The van der Waals surface area contributed by atoms with Gasteiger partial charge in [-0.05, 0) is 26.2 Å². The van der Waals surface area contributed by atoms with Crippen LogP contribution in [-0.4, -0.2) is 75.5 Å². The lowest BCUT2D eigenvalue weighted by atomic mass is 9.57. The highest BCUT2D eigenvalue weighted by atomic mass is 127. The molecule has 2 N–H and O–H groups in total. The standard InChI is InChI=1S/C23H42N4O2.HI/c1-4-24-21(26-19-18-8-13-29-20(18)22(19,2)3)25-16-23(9-6-5-7-10-23)17-27-11-14-28-15-12-27;/h18-20H,4-17H2,1-3H3,(H2,24,25,26);1H. The molecule has 2 heterocycles. The molecule has 0 aromatic heterocycles. The number of halogens is 1. The summed E-state index contributed by atoms with van der Waals surface area (Å²) < 4.78 is 11.5. The first kappa shape index (κ1) is 24.5. The van der Waals surface area contributed by atoms with Crippen molar-refractivity contribution in [3.8, 4) is 0 Å². The third kappa shape index (κ3) is 5.26. The normalized spacial score (nSPS) is 33.2. The van der Waals surface area contributed by atoms with Gasteiger partial charge >= 0.3 is 0 Å². The van der Waals surface area contributed by atoms with Gasteiger partial charge in [-0.3, -0.25) is 9.89 Å². The van der Waals surface area contributed by atoms with Crippen LogP contribution < -0.4 is 10.6 Å². The van der Waals surface area contributed by atoms with E-state index >= 15 is 0 Å². The molecule has 6 nitrogen and oxygen atoms in total. The van der Waals surface area contributed by atoms with Crippen molar-refractivity contribution in [1.29, 1.82) is 0 Å². The van der Waals surface area contributed by atoms with Crippen LogP contribution in [-0.2, 0) is 9.47 Å². The Morgan fingerprint density at radius 2 is 1.83 bits per heavy atom. The van der Waals surface area contributed by atoms with E-state index in [0.717, 1.165) is 52.0 Å². The summed E-state index contributed by atoms with van der Waals surface area (Å²) >= 11 is 0. The summed E-state index contributed by atoms with van der Waals surface area (Å²) in [5.74, 6) is 1.63. The van der Waals surface area contributed by atoms with Crippen molar-refractivity contribution in [2.45, 2.75) is 71.4 Å². The summed E-state index contributed by atoms with van der Waals surface area (Å²) in [4.78, 5) is 7.78. The summed E-state index contributed by atoms with van der Waals surface area (Å²) in [6.45, 7) is 14.7. The number of rotatable bonds is 6. The smallest absolute Gasteiger partial charge is 0.191 e. The molecule has 2 saturated heterocycles. The maximum Gasteiger partial charge on any atom is 0.191 e. The maximum absolute atomic E-state index is 5.98. The minimum Gasteiger partial charge on any atom is -0.379 e. The number of fused-ring (bicyclic) bond motifs is 1. The van der Waals surface area contributed by atoms with Gasteiger partial charge in [-0.2, -0.15) is 0 Å². The molecule has 3 atom stereocenters. The van der Waals surface area contributed by atoms with Gasteiger partial charge in [0.1, 0.15) is 0 Å². The predicted octanol–water partition coefficient (Wildman–Crippen LogP) is 3.26. The van der Waals surface area contributed by atoms with Gasteiger partial charge in [0.25, 0.3) is 0 Å². The van der Waals surface area contributed by atoms with Gasteiger partial charge in [0, 0.05) is 62.1 Å². The molecule has 2 saturated carbocycles. The number of nitrogens with zero attached hydrogens (tertiary/aromatic N) is 2. The molecule has 0 spiro atoms. The van der Waals surface area contributed by atoms with Gasteiger partial charge in [0.05, 0.1) is 19.3 Å². The number of ether oxygens (including phenoxy) is 2. The van der Waals surface area contributed by atoms with Crippen LogP contribution in [0.1, 0.15) is 59.3 Å². The zero-order chi connectivity index (χ0) is 20.3. The fourth-order valence-electron chi connectivity index (χ4n) is 6.23. The summed E-state index contributed by atoms with van der Waals surface area (Å²) in [7, 11) is 0. The first-order valence-corrected chi connectivity index (χ1v) is 12.0. The number of morpholine rings is 1. The highest BCUT2D eigenvalue weighted by molar-refractivity contribution is 14.0. The van der Waals surface area contributed by atoms with E-state index in [1.54, 1.807) is 0 Å². The third-order valence-electron chi connectivity index (χ3n) is 7.89. The first-order chi connectivity index (χ1) is 14.0. The minimum atomic E-state index is 0. The lowest BCUT2D eigenvalue weighted by Gasteiger charge is -2.55. The number of guanidine groups is 1. The van der Waals surface area contributed by atoms with E-state index in [1.807, 2.05) is 0 Å². The second-order valence-corrected chi connectivity index (χ2v) is 10.3. The number of hydrogen-bond acceptors (Lipinski definition) is 4. The maximum atomic E-state index is 5.98. The lowest BCUT2D eigenvalue weighted by molar-refractivity contribution is -0.106. The fraction of sp³-hybridized carbons (Fsp3) is 0.957. The molecule has 7 heteroatoms. The number of nitrogens with one attached hydrogen (secondary N) is 2. The highest BCUT2D eigenvalue weighted by Gasteiger charge is 2.59. The van der Waals surface area contributed by atoms with Gasteiger partial charge in [-0.25, -0.2) is 0 Å². The lowest BCUT2D eigenvalue weighted by Crippen LogP contribution is -2.68. The number of aliphatic imine (C=N–C) groups is 1. The Bertz CT molecular complexity index is 574. The Kier molecular flexibility index (Phi) is 8.72. The molecular formula is C23H43IN4O2. The van der Waals surface area contributed by atoms with Gasteiger partial charge < -0.3 is 20.1 Å². The third-order valence-corrected chi connectivity index (χ3v) is 7.89. The number of hydrogen-bond donors (Lipinski definition) is 2. The second kappa shape index (κ2) is 10.7. The molecule has 0 aromatic rings. The van der Waals surface area contributed by atoms with Crippen molar-refractivity contribution in [2.75, 3.05) is 52.5 Å². The molecule has 3 unspecified atom stereocenters. The molecule has 4 fully saturated rings. The SMILES string of the molecule is CCNC(=NCC1(CN2CCOCC2)CCCCC1)NC1C2CCOC2C1(C)C.I. The Labute approximate surface area is 200 Å². The molecule has 0 amide bonds. The monoisotopic (exact) mass is 534 g/mol. The van der Waals surface area contributed by atoms with Crippen molar-refractivity contribution >= 4 is 29.9 Å². The van der Waals surface area contributed by atoms with Gasteiger partial charge in [-0.15, -0.1) is 24.0 Å². The summed E-state index contributed by atoms with van der Waals surface area (Å²) in [5.41, 5.74) is 0.500. The average Bonchev–Trinajstić information content (AvgIpc) is 3.19. The van der Waals surface area contributed by atoms with Crippen molar-refractivity contribution in [3.63, 3.8) is 0 Å². The van der Waals surface area contributed by atoms with E-state index in [1.165, 1.54) is 45.1 Å². The molecule has 4 aliphatic rings. The quantitative estimate of drug-likeness (QED) is 0.312. The predicted molar refractivity (Wildman–Crippen MR) is 133 cm³/mol. The molecule has 0 bridgehead atoms. The molecule has 2 aliphatic heterocycles. The molecule has 30 heavy (non-hydrogen) atoms. The minimum absolute atomic E-state index is 0. The zero-order valence-electron chi connectivity index (χ0n) is 19.3. The molecular weight excluding hydrogens is 491 g/mol. The van der Waals surface area contributed by atoms with E-state index < -0.39 is 0 Å². The van der Waals surface area contributed by atoms with Crippen molar-refractivity contribution in [1.82, 2.24) is 15.5 Å². The molecule has 0 radical (unpaired) electrons. The van der Waals surface area contributed by atoms with Crippen LogP contribution in [0.4, 0.5) is 0 Å². The molecule has 174 valence electrons. The van der Waals surface area contributed by atoms with Crippen LogP contribution in [0, 0.1) is 16.7 Å². The second-order valence-electron chi connectivity index (χ2n) is 10.3. The van der Waals surface area contributed by atoms with E-state index in [4.69, 9.17) is 14.5 Å². The largest absolute Gasteiger partial charge is 0.379 e. The highest BCUT2D eigenvalue weighted by Crippen LogP contribution is 2.52. The fourth-order valence-corrected chi connectivity index (χ4v) is 6.23. The van der Waals surface area contributed by atoms with Crippen LogP contribution in [0.3, 0.4) is 0 Å². The van der Waals surface area contributed by atoms with Gasteiger partial charge in [0.2, 0.25) is 0 Å². The molecule has 4 rings (SSSR count). The van der Waals surface area contributed by atoms with Crippen LogP contribution in [0.5, 0.6) is 0 Å². The van der Waals surface area contributed by atoms with Crippen molar-refractivity contribution in [2.24, 2.45) is 21.7 Å². The topological polar surface area (TPSA) is 58.1 Å². The van der Waals surface area contributed by atoms with Gasteiger partial charge in [0.15, 0.2) is 5.96 Å². The Hall–Kier alpha value is -0.120. The summed E-state index contributed by atoms with van der Waals surface area (Å²) in [6.07, 6.45) is 8.27. The summed E-state index contributed by atoms with van der Waals surface area (Å²) in [6, 6.07) is 0.453. The Morgan fingerprint density at radius 1 is 1.10 bits per heavy atom. The van der Waals surface area contributed by atoms with Crippen LogP contribution in [0.15, 0.2) is 4.99 Å². The van der Waals surface area contributed by atoms with E-state index in [9.17, 15) is 0 Å². The van der Waals surface area contributed by atoms with Crippen molar-refractivity contribution in [3.05, 3.63) is 0 Å².